The Balaban J connectivity index is 1.31. The largest absolute Gasteiger partial charge is 0.345 e. The van der Waals surface area contributed by atoms with Gasteiger partial charge in [-0.3, -0.25) is 9.59 Å². The lowest BCUT2D eigenvalue weighted by Gasteiger charge is -2.45. The number of hydrogen-bond donors (Lipinski definition) is 1. The highest BCUT2D eigenvalue weighted by molar-refractivity contribution is 7.89. The van der Waals surface area contributed by atoms with Crippen molar-refractivity contribution in [2.24, 2.45) is 11.8 Å². The normalized spacial score (nSPS) is 24.9. The molecule has 0 aromatic heterocycles. The maximum absolute atomic E-state index is 13.2. The zero-order valence-electron chi connectivity index (χ0n) is 20.4. The lowest BCUT2D eigenvalue weighted by Crippen LogP contribution is -2.52. The van der Waals surface area contributed by atoms with Gasteiger partial charge in [0.1, 0.15) is 0 Å². The van der Waals surface area contributed by atoms with Crippen LogP contribution in [0.25, 0.3) is 0 Å². The van der Waals surface area contributed by atoms with E-state index in [9.17, 15) is 18.0 Å². The van der Waals surface area contributed by atoms with E-state index in [1.165, 1.54) is 68.6 Å². The molecule has 9 heteroatoms. The van der Waals surface area contributed by atoms with E-state index in [4.69, 9.17) is 0 Å². The van der Waals surface area contributed by atoms with Gasteiger partial charge in [0.05, 0.1) is 4.90 Å². The van der Waals surface area contributed by atoms with Crippen LogP contribution in [0.5, 0.6) is 0 Å². The number of anilines is 1. The number of fused-ring (bicyclic) bond motifs is 1. The van der Waals surface area contributed by atoms with Crippen molar-refractivity contribution in [2.45, 2.75) is 62.8 Å². The predicted octanol–water partition coefficient (Wildman–Crippen LogP) is 2.77. The van der Waals surface area contributed by atoms with Crippen LogP contribution in [0.15, 0.2) is 29.2 Å². The van der Waals surface area contributed by atoms with Crippen LogP contribution >= 0.6 is 0 Å². The van der Waals surface area contributed by atoms with Crippen LogP contribution in [-0.2, 0) is 19.6 Å². The van der Waals surface area contributed by atoms with Gasteiger partial charge in [-0.05, 0) is 81.8 Å². The van der Waals surface area contributed by atoms with Crippen molar-refractivity contribution >= 4 is 27.5 Å². The molecule has 8 nitrogen and oxygen atoms in total. The number of carbonyl (C=O) groups is 2. The first kappa shape index (κ1) is 25.1. The third kappa shape index (κ3) is 5.63. The smallest absolute Gasteiger partial charge is 0.243 e. The molecule has 1 aromatic rings. The summed E-state index contributed by atoms with van der Waals surface area (Å²) in [5.41, 5.74) is 0.563. The fourth-order valence-corrected chi connectivity index (χ4v) is 7.42. The van der Waals surface area contributed by atoms with Gasteiger partial charge in [-0.1, -0.05) is 6.42 Å². The molecule has 1 N–H and O–H groups in total. The molecule has 2 atom stereocenters. The first-order valence-corrected chi connectivity index (χ1v) is 14.1. The van der Waals surface area contributed by atoms with E-state index in [-0.39, 0.29) is 22.6 Å². The molecular weight excluding hydrogens is 452 g/mol. The highest BCUT2D eigenvalue weighted by atomic mass is 32.2. The zero-order chi connectivity index (χ0) is 24.3. The lowest BCUT2D eigenvalue weighted by atomic mass is 9.83. The van der Waals surface area contributed by atoms with E-state index in [0.717, 1.165) is 6.54 Å². The molecule has 0 aliphatic carbocycles. The highest BCUT2D eigenvalue weighted by Gasteiger charge is 2.36. The minimum Gasteiger partial charge on any atom is -0.345 e. The number of sulfonamides is 1. The summed E-state index contributed by atoms with van der Waals surface area (Å²) in [5, 5.41) is 2.64. The molecule has 3 saturated heterocycles. The maximum Gasteiger partial charge on any atom is 0.243 e. The van der Waals surface area contributed by atoms with Crippen molar-refractivity contribution in [1.82, 2.24) is 14.1 Å². The topological polar surface area (TPSA) is 90.0 Å². The van der Waals surface area contributed by atoms with E-state index in [2.05, 4.69) is 10.2 Å². The number of amides is 2. The minimum absolute atomic E-state index is 0.121. The third-order valence-corrected chi connectivity index (χ3v) is 9.64. The Morgan fingerprint density at radius 3 is 2.32 bits per heavy atom. The van der Waals surface area contributed by atoms with Crippen molar-refractivity contribution in [3.8, 4) is 0 Å². The summed E-state index contributed by atoms with van der Waals surface area (Å²) in [7, 11) is -1.70. The molecule has 188 valence electrons. The van der Waals surface area contributed by atoms with Crippen LogP contribution in [0.4, 0.5) is 5.69 Å². The van der Waals surface area contributed by atoms with Crippen LogP contribution in [0.3, 0.4) is 0 Å². The van der Waals surface area contributed by atoms with Gasteiger partial charge in [-0.25, -0.2) is 8.42 Å². The molecular formula is C25H38N4O4S. The van der Waals surface area contributed by atoms with E-state index < -0.39 is 10.0 Å². The second-order valence-corrected chi connectivity index (χ2v) is 12.0. The molecule has 3 heterocycles. The van der Waals surface area contributed by atoms with Crippen LogP contribution in [0.2, 0.25) is 0 Å². The van der Waals surface area contributed by atoms with Gasteiger partial charge in [0, 0.05) is 51.3 Å². The molecule has 3 aliphatic rings. The Labute approximate surface area is 203 Å². The van der Waals surface area contributed by atoms with Crippen molar-refractivity contribution in [2.75, 3.05) is 45.1 Å². The molecule has 0 saturated carbocycles. The Morgan fingerprint density at radius 2 is 1.65 bits per heavy atom. The average Bonchev–Trinajstić information content (AvgIpc) is 2.84. The average molecular weight is 491 g/mol. The zero-order valence-corrected chi connectivity index (χ0v) is 21.2. The van der Waals surface area contributed by atoms with Gasteiger partial charge < -0.3 is 15.1 Å². The van der Waals surface area contributed by atoms with Gasteiger partial charge in [0.15, 0.2) is 0 Å². The molecule has 0 spiro atoms. The van der Waals surface area contributed by atoms with Crippen LogP contribution < -0.4 is 5.32 Å². The SMILES string of the molecule is CC(=O)Nc1ccc(S(=O)(=O)N2CCC(C(=O)N(C)C[C@@H]3CCCN4CCCC[C@@H]34)CC2)cc1. The quantitative estimate of drug-likeness (QED) is 0.662. The summed E-state index contributed by atoms with van der Waals surface area (Å²) in [6.07, 6.45) is 7.33. The number of rotatable bonds is 6. The molecule has 4 rings (SSSR count). The second kappa shape index (κ2) is 10.7. The maximum atomic E-state index is 13.2. The molecule has 3 aliphatic heterocycles. The van der Waals surface area contributed by atoms with Crippen molar-refractivity contribution < 1.29 is 18.0 Å². The number of piperidine rings is 3. The molecule has 1 aromatic carbocycles. The van der Waals surface area contributed by atoms with E-state index in [1.807, 2.05) is 11.9 Å². The van der Waals surface area contributed by atoms with Crippen LogP contribution in [0, 0.1) is 11.8 Å². The Kier molecular flexibility index (Phi) is 7.94. The molecule has 3 fully saturated rings. The van der Waals surface area contributed by atoms with Gasteiger partial charge in [0.2, 0.25) is 21.8 Å². The first-order valence-electron chi connectivity index (χ1n) is 12.6. The monoisotopic (exact) mass is 490 g/mol. The van der Waals surface area contributed by atoms with Crippen molar-refractivity contribution in [3.63, 3.8) is 0 Å². The van der Waals surface area contributed by atoms with Crippen molar-refractivity contribution in [1.29, 1.82) is 0 Å². The van der Waals surface area contributed by atoms with Crippen molar-refractivity contribution in [3.05, 3.63) is 24.3 Å². The number of carbonyl (C=O) groups excluding carboxylic acids is 2. The summed E-state index contributed by atoms with van der Waals surface area (Å²) in [6.45, 7) is 5.30. The van der Waals surface area contributed by atoms with Gasteiger partial charge in [0.25, 0.3) is 0 Å². The summed E-state index contributed by atoms with van der Waals surface area (Å²) in [6, 6.07) is 6.84. The summed E-state index contributed by atoms with van der Waals surface area (Å²) >= 11 is 0. The minimum atomic E-state index is -3.62. The van der Waals surface area contributed by atoms with Gasteiger partial charge >= 0.3 is 0 Å². The van der Waals surface area contributed by atoms with Gasteiger partial charge in [-0.2, -0.15) is 4.31 Å². The summed E-state index contributed by atoms with van der Waals surface area (Å²) in [4.78, 5) is 29.1. The number of hydrogen-bond acceptors (Lipinski definition) is 5. The predicted molar refractivity (Wildman–Crippen MR) is 132 cm³/mol. The van der Waals surface area contributed by atoms with Gasteiger partial charge in [-0.15, -0.1) is 0 Å². The third-order valence-electron chi connectivity index (χ3n) is 7.73. The first-order chi connectivity index (χ1) is 16.3. The molecule has 34 heavy (non-hydrogen) atoms. The molecule has 0 unspecified atom stereocenters. The molecule has 2 amide bonds. The Bertz CT molecular complexity index is 971. The molecule has 0 radical (unpaired) electrons. The highest BCUT2D eigenvalue weighted by Crippen LogP contribution is 2.32. The second-order valence-electron chi connectivity index (χ2n) is 10.1. The van der Waals surface area contributed by atoms with E-state index in [0.29, 0.717) is 43.6 Å². The standard InChI is InChI=1S/C25H38N4O4S/c1-19(30)26-22-8-10-23(11-9-22)34(32,33)29-16-12-20(13-17-29)25(31)27(2)18-21-6-5-15-28-14-4-3-7-24(21)28/h8-11,20-21,24H,3-7,12-18H2,1-2H3,(H,26,30)/t21-,24-/m0/s1. The number of nitrogens with zero attached hydrogens (tertiary/aromatic N) is 3. The number of nitrogens with one attached hydrogen (secondary N) is 1. The number of benzene rings is 1. The van der Waals surface area contributed by atoms with E-state index in [1.54, 1.807) is 12.1 Å². The Hall–Kier alpha value is -1.97. The Morgan fingerprint density at radius 1 is 0.971 bits per heavy atom. The van der Waals surface area contributed by atoms with E-state index >= 15 is 0 Å². The lowest BCUT2D eigenvalue weighted by molar-refractivity contribution is -0.136. The summed E-state index contributed by atoms with van der Waals surface area (Å²) in [5.74, 6) is 0.380. The summed E-state index contributed by atoms with van der Waals surface area (Å²) < 4.78 is 27.6. The van der Waals surface area contributed by atoms with Crippen LogP contribution in [-0.4, -0.2) is 80.2 Å². The fraction of sp³-hybridized carbons (Fsp3) is 0.680. The fourth-order valence-electron chi connectivity index (χ4n) is 5.95. The van der Waals surface area contributed by atoms with Crippen LogP contribution in [0.1, 0.15) is 51.9 Å². The molecule has 0 bridgehead atoms.